The zero-order chi connectivity index (χ0) is 13.1. The van der Waals surface area contributed by atoms with Crippen molar-refractivity contribution in [3.8, 4) is 0 Å². The molecule has 0 radical (unpaired) electrons. The number of nitrogens with zero attached hydrogens (tertiary/aromatic N) is 1. The van der Waals surface area contributed by atoms with Gasteiger partial charge in [0.1, 0.15) is 0 Å². The van der Waals surface area contributed by atoms with Gasteiger partial charge in [0, 0.05) is 10.7 Å². The number of aromatic nitrogens is 1. The number of halogens is 1. The van der Waals surface area contributed by atoms with Gasteiger partial charge in [-0.2, -0.15) is 0 Å². The van der Waals surface area contributed by atoms with Crippen LogP contribution in [0.4, 0.5) is 0 Å². The van der Waals surface area contributed by atoms with Gasteiger partial charge in [-0.15, -0.1) is 0 Å². The van der Waals surface area contributed by atoms with E-state index in [1.54, 1.807) is 0 Å². The fraction of sp³-hybridized carbons (Fsp3) is 0.667. The molecule has 4 atom stereocenters. The maximum atomic E-state index is 4.56. The van der Waals surface area contributed by atoms with E-state index in [9.17, 15) is 0 Å². The third-order valence-electron chi connectivity index (χ3n) is 4.50. The molecule has 2 rings (SSSR count). The molecule has 1 aliphatic carbocycles. The second-order valence-electron chi connectivity index (χ2n) is 5.66. The largest absolute Gasteiger partial charge is 0.311 e. The molecule has 0 aromatic carbocycles. The quantitative estimate of drug-likeness (QED) is 0.906. The van der Waals surface area contributed by atoms with Crippen LogP contribution in [-0.2, 0) is 0 Å². The molecule has 1 fully saturated rings. The molecule has 100 valence electrons. The van der Waals surface area contributed by atoms with Crippen molar-refractivity contribution in [3.63, 3.8) is 0 Å². The summed E-state index contributed by atoms with van der Waals surface area (Å²) in [6.07, 6.45) is 5.84. The molecular formula is C15H23BrN2. The van der Waals surface area contributed by atoms with E-state index in [-0.39, 0.29) is 0 Å². The highest BCUT2D eigenvalue weighted by Crippen LogP contribution is 2.40. The Kier molecular flexibility index (Phi) is 4.79. The molecule has 18 heavy (non-hydrogen) atoms. The smallest absolute Gasteiger partial charge is 0.0717 e. The lowest BCUT2D eigenvalue weighted by atomic mass is 9.72. The van der Waals surface area contributed by atoms with E-state index in [2.05, 4.69) is 53.2 Å². The molecular weight excluding hydrogens is 288 g/mol. The summed E-state index contributed by atoms with van der Waals surface area (Å²) in [5, 5.41) is 3.47. The molecule has 0 aliphatic heterocycles. The van der Waals surface area contributed by atoms with E-state index in [0.717, 1.165) is 22.0 Å². The van der Waals surface area contributed by atoms with E-state index < -0.39 is 0 Å². The molecule has 0 spiro atoms. The fourth-order valence-electron chi connectivity index (χ4n) is 3.11. The van der Waals surface area contributed by atoms with E-state index in [1.165, 1.54) is 19.3 Å². The van der Waals surface area contributed by atoms with Crippen LogP contribution in [0.15, 0.2) is 22.8 Å². The summed E-state index contributed by atoms with van der Waals surface area (Å²) < 4.78 is 1.12. The van der Waals surface area contributed by atoms with Crippen LogP contribution in [0.3, 0.4) is 0 Å². The van der Waals surface area contributed by atoms with Gasteiger partial charge in [0.25, 0.3) is 0 Å². The first kappa shape index (κ1) is 14.0. The topological polar surface area (TPSA) is 24.9 Å². The number of pyridine rings is 1. The van der Waals surface area contributed by atoms with Crippen LogP contribution in [0.5, 0.6) is 0 Å². The van der Waals surface area contributed by atoms with Crippen molar-refractivity contribution in [2.75, 3.05) is 7.05 Å². The minimum atomic E-state index is 0.371. The van der Waals surface area contributed by atoms with Crippen molar-refractivity contribution in [2.45, 2.75) is 39.2 Å². The van der Waals surface area contributed by atoms with Gasteiger partial charge in [-0.25, -0.2) is 0 Å². The summed E-state index contributed by atoms with van der Waals surface area (Å²) in [4.78, 5) is 4.56. The molecule has 1 aromatic rings. The second-order valence-corrected chi connectivity index (χ2v) is 6.52. The molecule has 1 aliphatic rings. The third-order valence-corrected chi connectivity index (χ3v) is 5.17. The molecule has 0 saturated heterocycles. The van der Waals surface area contributed by atoms with Gasteiger partial charge < -0.3 is 5.32 Å². The van der Waals surface area contributed by atoms with Crippen LogP contribution >= 0.6 is 15.9 Å². The van der Waals surface area contributed by atoms with Crippen molar-refractivity contribution >= 4 is 15.9 Å². The molecule has 1 N–H and O–H groups in total. The van der Waals surface area contributed by atoms with Crippen molar-refractivity contribution < 1.29 is 0 Å². The van der Waals surface area contributed by atoms with E-state index in [1.807, 2.05) is 12.3 Å². The van der Waals surface area contributed by atoms with Gasteiger partial charge in [-0.3, -0.25) is 4.98 Å². The Morgan fingerprint density at radius 2 is 2.11 bits per heavy atom. The van der Waals surface area contributed by atoms with Crippen molar-refractivity contribution in [2.24, 2.45) is 17.8 Å². The molecule has 4 unspecified atom stereocenters. The summed E-state index contributed by atoms with van der Waals surface area (Å²) in [6, 6.07) is 4.43. The first-order valence-corrected chi connectivity index (χ1v) is 7.70. The summed E-state index contributed by atoms with van der Waals surface area (Å²) >= 11 is 3.63. The van der Waals surface area contributed by atoms with Crippen molar-refractivity contribution in [1.82, 2.24) is 10.3 Å². The highest BCUT2D eigenvalue weighted by atomic mass is 79.9. The second kappa shape index (κ2) is 6.16. The lowest BCUT2D eigenvalue weighted by molar-refractivity contribution is 0.173. The molecule has 1 saturated carbocycles. The summed E-state index contributed by atoms with van der Waals surface area (Å²) in [5.74, 6) is 2.39. The van der Waals surface area contributed by atoms with Gasteiger partial charge in [-0.05, 0) is 65.7 Å². The standard InChI is InChI=1S/C15H23BrN2/c1-10-6-7-12(9-11(10)2)14(17-3)15-13(16)5-4-8-18-15/h4-5,8,10-12,14,17H,6-7,9H2,1-3H3. The summed E-state index contributed by atoms with van der Waals surface area (Å²) in [7, 11) is 2.05. The molecule has 2 nitrogen and oxygen atoms in total. The maximum absolute atomic E-state index is 4.56. The number of nitrogens with one attached hydrogen (secondary N) is 1. The number of rotatable bonds is 3. The molecule has 0 amide bonds. The van der Waals surface area contributed by atoms with E-state index in [4.69, 9.17) is 0 Å². The summed E-state index contributed by atoms with van der Waals surface area (Å²) in [6.45, 7) is 4.77. The lowest BCUT2D eigenvalue weighted by Crippen LogP contribution is -2.32. The van der Waals surface area contributed by atoms with Crippen molar-refractivity contribution in [1.29, 1.82) is 0 Å². The Morgan fingerprint density at radius 1 is 1.33 bits per heavy atom. The van der Waals surface area contributed by atoms with Crippen LogP contribution in [0.25, 0.3) is 0 Å². The van der Waals surface area contributed by atoms with Gasteiger partial charge >= 0.3 is 0 Å². The minimum Gasteiger partial charge on any atom is -0.311 e. The predicted octanol–water partition coefficient (Wildman–Crippen LogP) is 4.18. The monoisotopic (exact) mass is 310 g/mol. The Hall–Kier alpha value is -0.410. The molecule has 1 heterocycles. The lowest BCUT2D eigenvalue weighted by Gasteiger charge is -2.36. The van der Waals surface area contributed by atoms with E-state index in [0.29, 0.717) is 12.0 Å². The van der Waals surface area contributed by atoms with Crippen LogP contribution < -0.4 is 5.32 Å². The number of hydrogen-bond acceptors (Lipinski definition) is 2. The Morgan fingerprint density at radius 3 is 2.72 bits per heavy atom. The predicted molar refractivity (Wildman–Crippen MR) is 79.4 cm³/mol. The Balaban J connectivity index is 2.17. The summed E-state index contributed by atoms with van der Waals surface area (Å²) in [5.41, 5.74) is 1.16. The first-order valence-electron chi connectivity index (χ1n) is 6.91. The normalized spacial score (nSPS) is 30.1. The Bertz CT molecular complexity index is 394. The zero-order valence-corrected chi connectivity index (χ0v) is 13.1. The maximum Gasteiger partial charge on any atom is 0.0717 e. The third kappa shape index (κ3) is 2.94. The average Bonchev–Trinajstić information content (AvgIpc) is 2.37. The minimum absolute atomic E-state index is 0.371. The van der Waals surface area contributed by atoms with Crippen molar-refractivity contribution in [3.05, 3.63) is 28.5 Å². The number of hydrogen-bond donors (Lipinski definition) is 1. The van der Waals surface area contributed by atoms with Gasteiger partial charge in [0.15, 0.2) is 0 Å². The van der Waals surface area contributed by atoms with Crippen LogP contribution in [-0.4, -0.2) is 12.0 Å². The van der Waals surface area contributed by atoms with Crippen LogP contribution in [0.1, 0.15) is 44.8 Å². The first-order chi connectivity index (χ1) is 8.63. The molecule has 1 aromatic heterocycles. The highest BCUT2D eigenvalue weighted by Gasteiger charge is 2.31. The van der Waals surface area contributed by atoms with E-state index >= 15 is 0 Å². The molecule has 0 bridgehead atoms. The average molecular weight is 311 g/mol. The molecule has 3 heteroatoms. The zero-order valence-electron chi connectivity index (χ0n) is 11.5. The highest BCUT2D eigenvalue weighted by molar-refractivity contribution is 9.10. The van der Waals surface area contributed by atoms with Gasteiger partial charge in [-0.1, -0.05) is 20.3 Å². The van der Waals surface area contributed by atoms with Gasteiger partial charge in [0.2, 0.25) is 0 Å². The van der Waals surface area contributed by atoms with Gasteiger partial charge in [0.05, 0.1) is 11.7 Å². The Labute approximate surface area is 119 Å². The SMILES string of the molecule is CNC(c1ncccc1Br)C1CCC(C)C(C)C1. The van der Waals surface area contributed by atoms with Crippen LogP contribution in [0, 0.1) is 17.8 Å². The fourth-order valence-corrected chi connectivity index (χ4v) is 3.62. The van der Waals surface area contributed by atoms with Crippen LogP contribution in [0.2, 0.25) is 0 Å².